The topological polar surface area (TPSA) is 119 Å². The van der Waals surface area contributed by atoms with Crippen molar-refractivity contribution in [3.63, 3.8) is 0 Å². The number of carboxylic acid groups (broad SMARTS) is 1. The predicted octanol–water partition coefficient (Wildman–Crippen LogP) is 0.259. The Morgan fingerprint density at radius 3 is 2.05 bits per heavy atom. The second-order valence-electron chi connectivity index (χ2n) is 6.85. The maximum atomic E-state index is 11.6. The molecular weight excluding hydrogens is 288 g/mol. The highest BCUT2D eigenvalue weighted by molar-refractivity contribution is 5.75. The number of likely N-dealkylation sites (tertiary alicyclic amines) is 2. The van der Waals surface area contributed by atoms with E-state index in [1.165, 1.54) is 4.90 Å². The third kappa shape index (κ3) is 6.48. The molecule has 8 nitrogen and oxygen atoms in total. The Kier molecular flexibility index (Phi) is 6.43. The SMILES string of the molecule is CC(C)(C)NC(=O)N1CCC(N)C1.O=C(O)N1CCC(O)C1. The Hall–Kier alpha value is -1.54. The van der Waals surface area contributed by atoms with Crippen LogP contribution < -0.4 is 11.1 Å². The lowest BCUT2D eigenvalue weighted by Gasteiger charge is -2.25. The average Bonchev–Trinajstić information content (AvgIpc) is 2.96. The standard InChI is InChI=1S/C9H19N3O.C5H9NO3/c1-9(2,3)11-8(13)12-5-4-7(10)6-12;7-4-1-2-6(3-4)5(8)9/h7H,4-6,10H2,1-3H3,(H,11,13);4,7H,1-3H2,(H,8,9). The molecule has 0 radical (unpaired) electrons. The number of aliphatic hydroxyl groups excluding tert-OH is 1. The number of amides is 3. The van der Waals surface area contributed by atoms with Crippen molar-refractivity contribution in [2.75, 3.05) is 26.2 Å². The van der Waals surface area contributed by atoms with Gasteiger partial charge in [-0.25, -0.2) is 9.59 Å². The monoisotopic (exact) mass is 316 g/mol. The molecule has 2 rings (SSSR count). The first-order valence-corrected chi connectivity index (χ1v) is 7.57. The predicted molar refractivity (Wildman–Crippen MR) is 82.7 cm³/mol. The van der Waals surface area contributed by atoms with E-state index in [-0.39, 0.29) is 24.2 Å². The van der Waals surface area contributed by atoms with Crippen molar-refractivity contribution in [3.8, 4) is 0 Å². The lowest BCUT2D eigenvalue weighted by Crippen LogP contribution is -2.48. The van der Waals surface area contributed by atoms with Gasteiger partial charge >= 0.3 is 12.1 Å². The first-order chi connectivity index (χ1) is 10.1. The first-order valence-electron chi connectivity index (χ1n) is 7.57. The van der Waals surface area contributed by atoms with Crippen LogP contribution in [-0.2, 0) is 0 Å². The zero-order valence-corrected chi connectivity index (χ0v) is 13.6. The fourth-order valence-corrected chi connectivity index (χ4v) is 2.29. The summed E-state index contributed by atoms with van der Waals surface area (Å²) in [4.78, 5) is 24.7. The van der Waals surface area contributed by atoms with E-state index in [0.717, 1.165) is 13.0 Å². The number of β-amino-alcohol motifs (C(OH)–C–C–N with tert-alkyl or cyclic N) is 1. The minimum atomic E-state index is -0.938. The van der Waals surface area contributed by atoms with Crippen molar-refractivity contribution in [3.05, 3.63) is 0 Å². The summed E-state index contributed by atoms with van der Waals surface area (Å²) in [5.41, 5.74) is 5.54. The molecule has 0 aromatic heterocycles. The quantitative estimate of drug-likeness (QED) is 0.511. The van der Waals surface area contributed by atoms with E-state index < -0.39 is 12.2 Å². The summed E-state index contributed by atoms with van der Waals surface area (Å²) >= 11 is 0. The van der Waals surface area contributed by atoms with Gasteiger partial charge in [-0.05, 0) is 33.6 Å². The number of carbonyl (C=O) groups is 2. The van der Waals surface area contributed by atoms with Crippen LogP contribution in [0.5, 0.6) is 0 Å². The third-order valence-corrected chi connectivity index (χ3v) is 3.43. The molecule has 2 unspecified atom stereocenters. The van der Waals surface area contributed by atoms with Crippen LogP contribution in [0.2, 0.25) is 0 Å². The Balaban J connectivity index is 0.000000235. The highest BCUT2D eigenvalue weighted by Gasteiger charge is 2.26. The van der Waals surface area contributed by atoms with Crippen LogP contribution in [0.25, 0.3) is 0 Å². The van der Waals surface area contributed by atoms with Crippen molar-refractivity contribution in [1.82, 2.24) is 15.1 Å². The van der Waals surface area contributed by atoms with Crippen molar-refractivity contribution in [2.45, 2.75) is 51.3 Å². The summed E-state index contributed by atoms with van der Waals surface area (Å²) in [6.45, 7) is 8.12. The van der Waals surface area contributed by atoms with Gasteiger partial charge in [-0.3, -0.25) is 0 Å². The fraction of sp³-hybridized carbons (Fsp3) is 0.857. The Morgan fingerprint density at radius 1 is 1.14 bits per heavy atom. The van der Waals surface area contributed by atoms with Gasteiger partial charge in [-0.1, -0.05) is 0 Å². The maximum Gasteiger partial charge on any atom is 0.407 e. The number of urea groups is 1. The smallest absolute Gasteiger partial charge is 0.407 e. The molecule has 8 heteroatoms. The summed E-state index contributed by atoms with van der Waals surface area (Å²) in [6.07, 6.45) is 0.108. The van der Waals surface area contributed by atoms with Gasteiger partial charge in [0.25, 0.3) is 0 Å². The van der Waals surface area contributed by atoms with Gasteiger partial charge in [-0.15, -0.1) is 0 Å². The number of nitrogens with one attached hydrogen (secondary N) is 1. The van der Waals surface area contributed by atoms with E-state index in [9.17, 15) is 9.59 Å². The van der Waals surface area contributed by atoms with Gasteiger partial charge in [0.1, 0.15) is 0 Å². The molecule has 2 saturated heterocycles. The zero-order chi connectivity index (χ0) is 16.9. The van der Waals surface area contributed by atoms with Crippen LogP contribution in [0, 0.1) is 0 Å². The third-order valence-electron chi connectivity index (χ3n) is 3.43. The lowest BCUT2D eigenvalue weighted by atomic mass is 10.1. The van der Waals surface area contributed by atoms with E-state index in [0.29, 0.717) is 19.5 Å². The largest absolute Gasteiger partial charge is 0.465 e. The molecule has 128 valence electrons. The van der Waals surface area contributed by atoms with Gasteiger partial charge in [0, 0.05) is 37.8 Å². The van der Waals surface area contributed by atoms with Crippen molar-refractivity contribution in [1.29, 1.82) is 0 Å². The van der Waals surface area contributed by atoms with E-state index >= 15 is 0 Å². The van der Waals surface area contributed by atoms with E-state index in [2.05, 4.69) is 5.32 Å². The van der Waals surface area contributed by atoms with Gasteiger partial charge in [0.15, 0.2) is 0 Å². The second-order valence-corrected chi connectivity index (χ2v) is 6.85. The molecule has 3 amide bonds. The minimum Gasteiger partial charge on any atom is -0.465 e. The second kappa shape index (κ2) is 7.64. The zero-order valence-electron chi connectivity index (χ0n) is 13.6. The van der Waals surface area contributed by atoms with Crippen LogP contribution in [0.15, 0.2) is 0 Å². The minimum absolute atomic E-state index is 0.000417. The van der Waals surface area contributed by atoms with Crippen LogP contribution in [-0.4, -0.2) is 76.0 Å². The summed E-state index contributed by atoms with van der Waals surface area (Å²) < 4.78 is 0. The number of rotatable bonds is 0. The van der Waals surface area contributed by atoms with E-state index in [4.69, 9.17) is 15.9 Å². The van der Waals surface area contributed by atoms with Crippen molar-refractivity contribution in [2.24, 2.45) is 5.73 Å². The molecule has 5 N–H and O–H groups in total. The molecule has 2 aliphatic heterocycles. The molecule has 2 fully saturated rings. The molecule has 0 spiro atoms. The van der Waals surface area contributed by atoms with Crippen molar-refractivity contribution >= 4 is 12.1 Å². The lowest BCUT2D eigenvalue weighted by molar-refractivity contribution is 0.140. The van der Waals surface area contributed by atoms with Gasteiger partial charge in [0.2, 0.25) is 0 Å². The highest BCUT2D eigenvalue weighted by Crippen LogP contribution is 2.09. The maximum absolute atomic E-state index is 11.6. The number of aliphatic hydroxyl groups is 1. The van der Waals surface area contributed by atoms with Gasteiger partial charge in [-0.2, -0.15) is 0 Å². The Morgan fingerprint density at radius 2 is 1.73 bits per heavy atom. The van der Waals surface area contributed by atoms with Gasteiger partial charge < -0.3 is 31.1 Å². The molecule has 0 aromatic carbocycles. The molecule has 0 bridgehead atoms. The van der Waals surface area contributed by atoms with Crippen LogP contribution in [0.4, 0.5) is 9.59 Å². The molecule has 2 aliphatic rings. The van der Waals surface area contributed by atoms with Crippen LogP contribution >= 0.6 is 0 Å². The molecule has 0 aliphatic carbocycles. The van der Waals surface area contributed by atoms with Gasteiger partial charge in [0.05, 0.1) is 6.10 Å². The summed E-state index contributed by atoms with van der Waals surface area (Å²) in [5.74, 6) is 0. The summed E-state index contributed by atoms with van der Waals surface area (Å²) in [7, 11) is 0. The molecule has 22 heavy (non-hydrogen) atoms. The van der Waals surface area contributed by atoms with E-state index in [1.807, 2.05) is 20.8 Å². The number of hydrogen-bond donors (Lipinski definition) is 4. The van der Waals surface area contributed by atoms with Crippen LogP contribution in [0.3, 0.4) is 0 Å². The Bertz CT molecular complexity index is 397. The van der Waals surface area contributed by atoms with Crippen LogP contribution in [0.1, 0.15) is 33.6 Å². The summed E-state index contributed by atoms with van der Waals surface area (Å²) in [5, 5.41) is 20.1. The number of hydrogen-bond acceptors (Lipinski definition) is 4. The number of carbonyl (C=O) groups excluding carboxylic acids is 1. The highest BCUT2D eigenvalue weighted by atomic mass is 16.4. The number of nitrogens with zero attached hydrogens (tertiary/aromatic N) is 2. The Labute approximate surface area is 131 Å². The molecule has 2 heterocycles. The average molecular weight is 316 g/mol. The van der Waals surface area contributed by atoms with E-state index in [1.54, 1.807) is 4.90 Å². The molecule has 0 aromatic rings. The number of nitrogens with two attached hydrogens (primary N) is 1. The molecular formula is C14H28N4O4. The van der Waals surface area contributed by atoms with Crippen molar-refractivity contribution < 1.29 is 19.8 Å². The fourth-order valence-electron chi connectivity index (χ4n) is 2.29. The normalized spacial score (nSPS) is 24.8. The molecule has 2 atom stereocenters. The summed E-state index contributed by atoms with van der Waals surface area (Å²) in [6, 6.07) is 0.158. The first kappa shape index (κ1) is 18.5. The molecule has 0 saturated carbocycles.